The zero-order chi connectivity index (χ0) is 33.2. The summed E-state index contributed by atoms with van der Waals surface area (Å²) in [6.45, 7) is -1.31. The zero-order valence-electron chi connectivity index (χ0n) is 24.7. The first kappa shape index (κ1) is 32.4. The number of allylic oxidation sites excluding steroid dienone is 1. The molecule has 1 amide bonds. The van der Waals surface area contributed by atoms with Gasteiger partial charge in [-0.15, -0.1) is 0 Å². The van der Waals surface area contributed by atoms with Crippen molar-refractivity contribution >= 4 is 17.5 Å². The Balaban J connectivity index is 1.64. The molecule has 0 spiro atoms. The van der Waals surface area contributed by atoms with Crippen molar-refractivity contribution in [3.05, 3.63) is 58.4 Å². The summed E-state index contributed by atoms with van der Waals surface area (Å²) in [6, 6.07) is 6.57. The summed E-state index contributed by atoms with van der Waals surface area (Å²) in [7, 11) is 4.54. The largest absolute Gasteiger partial charge is 0.508 e. The van der Waals surface area contributed by atoms with E-state index in [9.17, 15) is 48.0 Å². The number of aliphatic hydroxyl groups excluding tert-OH is 2. The van der Waals surface area contributed by atoms with Gasteiger partial charge in [0.15, 0.2) is 17.2 Å². The van der Waals surface area contributed by atoms with Crippen molar-refractivity contribution in [2.24, 2.45) is 23.5 Å². The predicted molar refractivity (Wildman–Crippen MR) is 153 cm³/mol. The van der Waals surface area contributed by atoms with Crippen LogP contribution in [0.4, 0.5) is 13.2 Å². The molecule has 0 saturated heterocycles. The van der Waals surface area contributed by atoms with Gasteiger partial charge < -0.3 is 41.1 Å². The van der Waals surface area contributed by atoms with E-state index in [0.29, 0.717) is 28.0 Å². The van der Waals surface area contributed by atoms with Crippen LogP contribution >= 0.6 is 0 Å². The third kappa shape index (κ3) is 5.25. The lowest BCUT2D eigenvalue weighted by Gasteiger charge is -2.53. The van der Waals surface area contributed by atoms with E-state index in [1.54, 1.807) is 38.4 Å². The number of ether oxygens (including phenoxy) is 1. The minimum atomic E-state index is -4.40. The van der Waals surface area contributed by atoms with E-state index in [0.717, 1.165) is 0 Å². The SMILES string of the molecule is COc1ccc(CNCC(F)(F)F)cc1-c1ccc(O)c2c1C[C@H]1C[C@H]3C(N(C)C)C(O)C(C(N)=O)C(=O)[C@@]3(O)C(O)=C1C2=O. The van der Waals surface area contributed by atoms with Crippen LogP contribution in [0.2, 0.25) is 0 Å². The summed E-state index contributed by atoms with van der Waals surface area (Å²) < 4.78 is 43.7. The number of aliphatic hydroxyl groups is 3. The van der Waals surface area contributed by atoms with Crippen LogP contribution in [0, 0.1) is 17.8 Å². The molecule has 14 heteroatoms. The number of nitrogens with one attached hydrogen (secondary N) is 1. The number of amides is 1. The van der Waals surface area contributed by atoms with Gasteiger partial charge in [-0.1, -0.05) is 12.1 Å². The molecule has 0 aliphatic heterocycles. The molecule has 3 aliphatic rings. The van der Waals surface area contributed by atoms with Crippen molar-refractivity contribution < 1.29 is 52.7 Å². The normalized spacial score (nSPS) is 28.1. The molecule has 0 heterocycles. The highest BCUT2D eigenvalue weighted by Gasteiger charge is 2.66. The molecule has 1 saturated carbocycles. The maximum absolute atomic E-state index is 14.0. The zero-order valence-corrected chi connectivity index (χ0v) is 24.7. The number of hydrogen-bond acceptors (Lipinski definition) is 10. The molecule has 6 atom stereocenters. The van der Waals surface area contributed by atoms with Crippen LogP contribution in [-0.4, -0.2) is 94.5 Å². The number of benzene rings is 2. The first-order valence-corrected chi connectivity index (χ1v) is 14.2. The highest BCUT2D eigenvalue weighted by atomic mass is 19.4. The van der Waals surface area contributed by atoms with Crippen molar-refractivity contribution in [2.45, 2.75) is 43.3 Å². The third-order valence-corrected chi connectivity index (χ3v) is 9.19. The number of carbonyl (C=O) groups excluding carboxylic acids is 3. The Labute approximate surface area is 256 Å². The Kier molecular flexibility index (Phi) is 8.23. The van der Waals surface area contributed by atoms with Crippen LogP contribution in [-0.2, 0) is 22.6 Å². The number of phenolic OH excluding ortho intramolecular Hbond substituents is 1. The number of likely N-dealkylation sites (N-methyl/N-ethyl adjacent to an activating group) is 1. The van der Waals surface area contributed by atoms with Gasteiger partial charge in [-0.05, 0) is 67.7 Å². The van der Waals surface area contributed by atoms with Gasteiger partial charge in [-0.25, -0.2) is 0 Å². The van der Waals surface area contributed by atoms with Crippen LogP contribution in [0.3, 0.4) is 0 Å². The van der Waals surface area contributed by atoms with Crippen LogP contribution in [0.5, 0.6) is 11.5 Å². The molecule has 11 nitrogen and oxygen atoms in total. The van der Waals surface area contributed by atoms with Crippen molar-refractivity contribution in [2.75, 3.05) is 27.7 Å². The van der Waals surface area contributed by atoms with Gasteiger partial charge >= 0.3 is 6.18 Å². The van der Waals surface area contributed by atoms with Gasteiger partial charge in [0.2, 0.25) is 5.91 Å². The summed E-state index contributed by atoms with van der Waals surface area (Å²) in [5, 5.41) is 47.5. The molecule has 1 fully saturated rings. The number of phenols is 1. The summed E-state index contributed by atoms with van der Waals surface area (Å²) in [5.41, 5.74) is 3.98. The van der Waals surface area contributed by atoms with Gasteiger partial charge in [0.05, 0.1) is 25.3 Å². The topological polar surface area (TPSA) is 183 Å². The van der Waals surface area contributed by atoms with E-state index in [-0.39, 0.29) is 30.5 Å². The van der Waals surface area contributed by atoms with E-state index in [2.05, 4.69) is 5.32 Å². The number of hydrogen-bond donors (Lipinski definition) is 6. The van der Waals surface area contributed by atoms with E-state index >= 15 is 0 Å². The predicted octanol–water partition coefficient (Wildman–Crippen LogP) is 1.61. The Morgan fingerprint density at radius 2 is 1.84 bits per heavy atom. The molecular formula is C31H34F3N3O8. The number of ketones is 2. The molecule has 5 rings (SSSR count). The molecule has 3 unspecified atom stereocenters. The van der Waals surface area contributed by atoms with Gasteiger partial charge in [-0.3, -0.25) is 14.4 Å². The van der Waals surface area contributed by atoms with E-state index in [1.807, 2.05) is 0 Å². The number of Topliss-reactive ketones (excluding diaryl/α,β-unsaturated/α-hetero) is 2. The highest BCUT2D eigenvalue weighted by molar-refractivity contribution is 6.16. The maximum atomic E-state index is 14.0. The van der Waals surface area contributed by atoms with E-state index < -0.39 is 77.2 Å². The number of fused-ring (bicyclic) bond motifs is 3. The highest BCUT2D eigenvalue weighted by Crippen LogP contribution is 2.53. The number of alkyl halides is 3. The fourth-order valence-corrected chi connectivity index (χ4v) is 7.28. The van der Waals surface area contributed by atoms with Crippen molar-refractivity contribution in [3.63, 3.8) is 0 Å². The average Bonchev–Trinajstić information content (AvgIpc) is 2.94. The molecule has 45 heavy (non-hydrogen) atoms. The number of primary amides is 1. The lowest BCUT2D eigenvalue weighted by Crippen LogP contribution is -2.71. The van der Waals surface area contributed by atoms with E-state index in [1.165, 1.54) is 18.1 Å². The Morgan fingerprint density at radius 1 is 1.16 bits per heavy atom. The number of halogens is 3. The fourth-order valence-electron chi connectivity index (χ4n) is 7.28. The van der Waals surface area contributed by atoms with Crippen molar-refractivity contribution in [3.8, 4) is 22.6 Å². The van der Waals surface area contributed by atoms with Gasteiger partial charge in [-0.2, -0.15) is 13.2 Å². The standard InChI is InChI=1S/C31H34F3N3O8/c1-37(2)24-18-10-14-9-17-15(16-8-13(4-7-20(16)45-3)11-36-12-30(32,33)34)5-6-19(38)22(17)25(39)21(14)27(41)31(18,44)28(42)23(26(24)40)29(35)43/h4-8,14,18,23-24,26,36,38,40-41,44H,9-12H2,1-3H3,(H2,35,43)/t14-,18-,23?,24?,26?,31-/m0/s1. The van der Waals surface area contributed by atoms with Gasteiger partial charge in [0.1, 0.15) is 23.2 Å². The first-order chi connectivity index (χ1) is 21.0. The lowest BCUT2D eigenvalue weighted by atomic mass is 9.55. The smallest absolute Gasteiger partial charge is 0.401 e. The van der Waals surface area contributed by atoms with Gasteiger partial charge in [0, 0.05) is 29.6 Å². The monoisotopic (exact) mass is 633 g/mol. The summed E-state index contributed by atoms with van der Waals surface area (Å²) >= 11 is 0. The van der Waals surface area contributed by atoms with E-state index in [4.69, 9.17) is 10.5 Å². The third-order valence-electron chi connectivity index (χ3n) is 9.19. The van der Waals surface area contributed by atoms with Crippen molar-refractivity contribution in [1.29, 1.82) is 0 Å². The number of methoxy groups -OCH3 is 1. The second kappa shape index (κ2) is 11.4. The Morgan fingerprint density at radius 3 is 2.44 bits per heavy atom. The summed E-state index contributed by atoms with van der Waals surface area (Å²) in [6.07, 6.45) is -6.03. The first-order valence-electron chi connectivity index (χ1n) is 14.2. The second-order valence-electron chi connectivity index (χ2n) is 12.0. The fraction of sp³-hybridized carbons (Fsp3) is 0.452. The molecular weight excluding hydrogens is 599 g/mol. The quantitative estimate of drug-likeness (QED) is 0.245. The number of nitrogens with zero attached hydrogens (tertiary/aromatic N) is 1. The Hall–Kier alpha value is -3.98. The van der Waals surface area contributed by atoms with Crippen molar-refractivity contribution in [1.82, 2.24) is 10.2 Å². The number of carbonyl (C=O) groups is 3. The maximum Gasteiger partial charge on any atom is 0.401 e. The average molecular weight is 634 g/mol. The Bertz CT molecular complexity index is 1610. The number of nitrogens with two attached hydrogens (primary N) is 1. The summed E-state index contributed by atoms with van der Waals surface area (Å²) in [4.78, 5) is 41.3. The molecule has 7 N–H and O–H groups in total. The molecule has 0 bridgehead atoms. The molecule has 0 radical (unpaired) electrons. The van der Waals surface area contributed by atoms with Crippen LogP contribution in [0.1, 0.15) is 27.9 Å². The van der Waals surface area contributed by atoms with Gasteiger partial charge in [0.25, 0.3) is 0 Å². The van der Waals surface area contributed by atoms with Crippen LogP contribution in [0.25, 0.3) is 11.1 Å². The lowest BCUT2D eigenvalue weighted by molar-refractivity contribution is -0.178. The number of rotatable bonds is 7. The summed E-state index contributed by atoms with van der Waals surface area (Å²) in [5.74, 6) is -8.07. The molecule has 3 aliphatic carbocycles. The number of aromatic hydroxyl groups is 1. The van der Waals surface area contributed by atoms with Crippen LogP contribution < -0.4 is 15.8 Å². The second-order valence-corrected chi connectivity index (χ2v) is 12.0. The molecule has 2 aromatic rings. The molecule has 2 aromatic carbocycles. The molecule has 0 aromatic heterocycles. The van der Waals surface area contributed by atoms with Crippen LogP contribution in [0.15, 0.2) is 41.7 Å². The minimum Gasteiger partial charge on any atom is -0.508 e. The minimum absolute atomic E-state index is 0.0418. The molecule has 242 valence electrons.